The van der Waals surface area contributed by atoms with Crippen LogP contribution in [0.4, 0.5) is 0 Å². The Kier molecular flexibility index (Phi) is 5.62. The quantitative estimate of drug-likeness (QED) is 0.381. The summed E-state index contributed by atoms with van der Waals surface area (Å²) in [5, 5.41) is 46.9. The van der Waals surface area contributed by atoms with E-state index in [4.69, 9.17) is 9.84 Å². The van der Waals surface area contributed by atoms with Gasteiger partial charge in [-0.2, -0.15) is 0 Å². The summed E-state index contributed by atoms with van der Waals surface area (Å²) in [6, 6.07) is 8.42. The Morgan fingerprint density at radius 3 is 2.33 bits per heavy atom. The highest BCUT2D eigenvalue weighted by Gasteiger charge is 2.21. The van der Waals surface area contributed by atoms with Gasteiger partial charge in [0.05, 0.1) is 0 Å². The zero-order chi connectivity index (χ0) is 17.7. The molecule has 2 rings (SSSR count). The topological polar surface area (TPSA) is 127 Å². The van der Waals surface area contributed by atoms with E-state index in [0.29, 0.717) is 6.42 Å². The van der Waals surface area contributed by atoms with Crippen LogP contribution in [-0.2, 0) is 6.42 Å². The second-order valence-corrected chi connectivity index (χ2v) is 5.18. The molecule has 2 aromatic carbocycles. The van der Waals surface area contributed by atoms with E-state index < -0.39 is 24.4 Å². The Bertz CT molecular complexity index is 710. The van der Waals surface area contributed by atoms with E-state index in [1.54, 1.807) is 12.1 Å². The molecule has 0 spiro atoms. The number of phenolic OH excluding ortho intramolecular Hbond substituents is 3. The molecule has 0 bridgehead atoms. The third-order valence-electron chi connectivity index (χ3n) is 3.34. The number of carbonyl (C=O) groups is 1. The monoisotopic (exact) mass is 334 g/mol. The first-order valence-corrected chi connectivity index (χ1v) is 7.23. The van der Waals surface area contributed by atoms with E-state index in [0.717, 1.165) is 17.7 Å². The van der Waals surface area contributed by atoms with Crippen LogP contribution in [0.25, 0.3) is 0 Å². The summed E-state index contributed by atoms with van der Waals surface area (Å²) in [6.45, 7) is -0.711. The number of hydrogen-bond acceptors (Lipinski definition) is 7. The predicted molar refractivity (Wildman–Crippen MR) is 84.3 cm³/mol. The zero-order valence-corrected chi connectivity index (χ0v) is 12.7. The van der Waals surface area contributed by atoms with Gasteiger partial charge in [0, 0.05) is 18.6 Å². The van der Waals surface area contributed by atoms with Crippen LogP contribution < -0.4 is 4.74 Å². The van der Waals surface area contributed by atoms with Crippen molar-refractivity contribution in [3.8, 4) is 23.0 Å². The molecule has 0 saturated heterocycles. The molecule has 0 saturated carbocycles. The lowest BCUT2D eigenvalue weighted by Crippen LogP contribution is -2.21. The van der Waals surface area contributed by atoms with Crippen LogP contribution in [0, 0.1) is 0 Å². The van der Waals surface area contributed by atoms with Gasteiger partial charge >= 0.3 is 0 Å². The molecule has 0 amide bonds. The molecule has 128 valence electrons. The smallest absolute Gasteiger partial charge is 0.220 e. The molecular weight excluding hydrogens is 316 g/mol. The lowest BCUT2D eigenvalue weighted by molar-refractivity contribution is -0.0552. The SMILES string of the molecule is O=C(CCc1ccc(O)cc1)c1c(O)cc(O)cc1O[C@H](O)CO. The number of aryl methyl sites for hydroxylation is 1. The number of aliphatic hydroxyl groups excluding tert-OH is 2. The summed E-state index contributed by atoms with van der Waals surface area (Å²) in [5.41, 5.74) is 0.636. The Balaban J connectivity index is 2.19. The highest BCUT2D eigenvalue weighted by Crippen LogP contribution is 2.34. The number of Topliss-reactive ketones (excluding diaryl/α,β-unsaturated/α-hetero) is 1. The number of aromatic hydroxyl groups is 3. The number of aliphatic hydroxyl groups is 2. The maximum atomic E-state index is 12.4. The molecular formula is C17H18O7. The van der Waals surface area contributed by atoms with Crippen LogP contribution in [0.2, 0.25) is 0 Å². The van der Waals surface area contributed by atoms with Gasteiger partial charge in [-0.1, -0.05) is 12.1 Å². The normalized spacial score (nSPS) is 11.9. The molecule has 5 N–H and O–H groups in total. The maximum Gasteiger partial charge on any atom is 0.220 e. The Labute approximate surface area is 138 Å². The van der Waals surface area contributed by atoms with E-state index in [9.17, 15) is 25.2 Å². The standard InChI is InChI=1S/C17H18O7/c18-9-16(23)24-15-8-12(20)7-14(22)17(15)13(21)6-3-10-1-4-11(19)5-2-10/h1-2,4-5,7-8,16,18-20,22-23H,3,6,9H2/t16-/m0/s1. The third kappa shape index (κ3) is 4.37. The number of phenols is 3. The molecule has 1 atom stereocenters. The van der Waals surface area contributed by atoms with Gasteiger partial charge < -0.3 is 30.3 Å². The van der Waals surface area contributed by atoms with E-state index in [2.05, 4.69) is 0 Å². The Morgan fingerprint density at radius 2 is 1.71 bits per heavy atom. The van der Waals surface area contributed by atoms with Gasteiger partial charge in [-0.05, 0) is 24.1 Å². The van der Waals surface area contributed by atoms with Gasteiger partial charge in [0.1, 0.15) is 35.2 Å². The van der Waals surface area contributed by atoms with Crippen molar-refractivity contribution in [3.05, 3.63) is 47.5 Å². The van der Waals surface area contributed by atoms with Crippen molar-refractivity contribution in [2.24, 2.45) is 0 Å². The van der Waals surface area contributed by atoms with Crippen LogP contribution in [-0.4, -0.2) is 44.2 Å². The summed E-state index contributed by atoms with van der Waals surface area (Å²) < 4.78 is 4.98. The van der Waals surface area contributed by atoms with Crippen LogP contribution >= 0.6 is 0 Å². The van der Waals surface area contributed by atoms with Gasteiger partial charge in [0.15, 0.2) is 5.78 Å². The van der Waals surface area contributed by atoms with E-state index >= 15 is 0 Å². The molecule has 0 aliphatic heterocycles. The van der Waals surface area contributed by atoms with Crippen LogP contribution in [0.5, 0.6) is 23.0 Å². The second kappa shape index (κ2) is 7.67. The second-order valence-electron chi connectivity index (χ2n) is 5.18. The lowest BCUT2D eigenvalue weighted by Gasteiger charge is -2.15. The van der Waals surface area contributed by atoms with E-state index in [-0.39, 0.29) is 29.2 Å². The molecule has 0 aliphatic carbocycles. The maximum absolute atomic E-state index is 12.4. The van der Waals surface area contributed by atoms with Gasteiger partial charge in [-0.15, -0.1) is 0 Å². The molecule has 0 aliphatic rings. The fourth-order valence-corrected chi connectivity index (χ4v) is 2.19. The average Bonchev–Trinajstić information content (AvgIpc) is 2.53. The first-order chi connectivity index (χ1) is 11.4. The van der Waals surface area contributed by atoms with E-state index in [1.165, 1.54) is 12.1 Å². The predicted octanol–water partition coefficient (Wildman–Crippen LogP) is 1.31. The minimum Gasteiger partial charge on any atom is -0.508 e. The van der Waals surface area contributed by atoms with E-state index in [1.807, 2.05) is 0 Å². The number of ether oxygens (including phenoxy) is 1. The first kappa shape index (κ1) is 17.6. The van der Waals surface area contributed by atoms with Crippen molar-refractivity contribution in [1.82, 2.24) is 0 Å². The minimum atomic E-state index is -1.59. The minimum absolute atomic E-state index is 0.0364. The lowest BCUT2D eigenvalue weighted by atomic mass is 10.0. The van der Waals surface area contributed by atoms with Crippen LogP contribution in [0.3, 0.4) is 0 Å². The average molecular weight is 334 g/mol. The number of ketones is 1. The van der Waals surface area contributed by atoms with Gasteiger partial charge in [-0.25, -0.2) is 0 Å². The van der Waals surface area contributed by atoms with Crippen molar-refractivity contribution >= 4 is 5.78 Å². The molecule has 0 unspecified atom stereocenters. The fraction of sp³-hybridized carbons (Fsp3) is 0.235. The summed E-state index contributed by atoms with van der Waals surface area (Å²) >= 11 is 0. The molecule has 2 aromatic rings. The highest BCUT2D eigenvalue weighted by atomic mass is 16.6. The molecule has 7 nitrogen and oxygen atoms in total. The molecule has 0 aromatic heterocycles. The molecule has 0 radical (unpaired) electrons. The first-order valence-electron chi connectivity index (χ1n) is 7.23. The molecule has 0 fully saturated rings. The molecule has 7 heteroatoms. The zero-order valence-electron chi connectivity index (χ0n) is 12.7. The molecule has 0 heterocycles. The molecule has 24 heavy (non-hydrogen) atoms. The summed E-state index contributed by atoms with van der Waals surface area (Å²) in [6.07, 6.45) is -1.19. The van der Waals surface area contributed by atoms with Crippen molar-refractivity contribution in [1.29, 1.82) is 0 Å². The highest BCUT2D eigenvalue weighted by molar-refractivity contribution is 6.01. The fourth-order valence-electron chi connectivity index (χ4n) is 2.19. The summed E-state index contributed by atoms with van der Waals surface area (Å²) in [5.74, 6) is -1.38. The Hall–Kier alpha value is -2.77. The summed E-state index contributed by atoms with van der Waals surface area (Å²) in [4.78, 5) is 12.4. The van der Waals surface area contributed by atoms with Gasteiger partial charge in [0.25, 0.3) is 0 Å². The number of carbonyl (C=O) groups excluding carboxylic acids is 1. The van der Waals surface area contributed by atoms with Crippen molar-refractivity contribution in [2.75, 3.05) is 6.61 Å². The van der Waals surface area contributed by atoms with Crippen LogP contribution in [0.15, 0.2) is 36.4 Å². The van der Waals surface area contributed by atoms with Crippen molar-refractivity contribution in [3.63, 3.8) is 0 Å². The number of benzene rings is 2. The van der Waals surface area contributed by atoms with Crippen molar-refractivity contribution < 1.29 is 35.1 Å². The largest absolute Gasteiger partial charge is 0.508 e. The van der Waals surface area contributed by atoms with Crippen LogP contribution in [0.1, 0.15) is 22.3 Å². The number of hydrogen-bond donors (Lipinski definition) is 5. The van der Waals surface area contributed by atoms with Gasteiger partial charge in [0.2, 0.25) is 6.29 Å². The van der Waals surface area contributed by atoms with Gasteiger partial charge in [-0.3, -0.25) is 4.79 Å². The summed E-state index contributed by atoms with van der Waals surface area (Å²) in [7, 11) is 0. The number of rotatable bonds is 7. The third-order valence-corrected chi connectivity index (χ3v) is 3.34. The Morgan fingerprint density at radius 1 is 1.04 bits per heavy atom. The van der Waals surface area contributed by atoms with Crippen molar-refractivity contribution in [2.45, 2.75) is 19.1 Å².